The van der Waals surface area contributed by atoms with E-state index in [0.29, 0.717) is 11.5 Å². The van der Waals surface area contributed by atoms with E-state index in [0.717, 1.165) is 59.5 Å². The summed E-state index contributed by atoms with van der Waals surface area (Å²) in [6.07, 6.45) is 2.43. The molecule has 2 fully saturated rings. The van der Waals surface area contributed by atoms with Crippen molar-refractivity contribution in [3.05, 3.63) is 63.8 Å². The SMILES string of the molecule is CC1(C)c2cc(N3CCNCC3)c(C3CC3)cc2C(=O)c2c1[nH]c1cc(C#N)ccc21. The van der Waals surface area contributed by atoms with Crippen molar-refractivity contribution in [3.8, 4) is 6.07 Å². The summed E-state index contributed by atoms with van der Waals surface area (Å²) in [6, 6.07) is 12.3. The zero-order valence-electron chi connectivity index (χ0n) is 18.0. The lowest BCUT2D eigenvalue weighted by atomic mass is 9.70. The van der Waals surface area contributed by atoms with Crippen LogP contribution < -0.4 is 10.2 Å². The van der Waals surface area contributed by atoms with Crippen molar-refractivity contribution < 1.29 is 4.79 Å². The quantitative estimate of drug-likeness (QED) is 0.664. The van der Waals surface area contributed by atoms with Crippen LogP contribution in [-0.2, 0) is 5.41 Å². The van der Waals surface area contributed by atoms with Crippen LogP contribution in [0.2, 0.25) is 0 Å². The molecule has 1 aliphatic heterocycles. The Morgan fingerprint density at radius 3 is 2.61 bits per heavy atom. The molecule has 2 aromatic carbocycles. The first kappa shape index (κ1) is 18.7. The molecular formula is C26H26N4O. The number of carbonyl (C=O) groups is 1. The van der Waals surface area contributed by atoms with Crippen molar-refractivity contribution in [2.75, 3.05) is 31.1 Å². The first-order valence-corrected chi connectivity index (χ1v) is 11.2. The fourth-order valence-corrected chi connectivity index (χ4v) is 5.45. The highest BCUT2D eigenvalue weighted by atomic mass is 16.1. The fourth-order valence-electron chi connectivity index (χ4n) is 5.45. The van der Waals surface area contributed by atoms with Crippen molar-refractivity contribution in [1.29, 1.82) is 5.26 Å². The number of carbonyl (C=O) groups excluding carboxylic acids is 1. The monoisotopic (exact) mass is 410 g/mol. The van der Waals surface area contributed by atoms with Gasteiger partial charge in [-0.25, -0.2) is 0 Å². The second-order valence-electron chi connectivity index (χ2n) is 9.67. The lowest BCUT2D eigenvalue weighted by molar-refractivity contribution is 0.103. The minimum atomic E-state index is -0.324. The summed E-state index contributed by atoms with van der Waals surface area (Å²) < 4.78 is 0. The molecular weight excluding hydrogens is 384 g/mol. The Labute approximate surface area is 182 Å². The summed E-state index contributed by atoms with van der Waals surface area (Å²) in [6.45, 7) is 8.41. The lowest BCUT2D eigenvalue weighted by Crippen LogP contribution is -2.44. The molecule has 3 aromatic rings. The van der Waals surface area contributed by atoms with E-state index in [9.17, 15) is 10.1 Å². The number of nitrogens with zero attached hydrogens (tertiary/aromatic N) is 2. The maximum absolute atomic E-state index is 13.8. The molecule has 31 heavy (non-hydrogen) atoms. The number of piperazine rings is 1. The molecule has 5 heteroatoms. The Hall–Kier alpha value is -3.10. The van der Waals surface area contributed by atoms with Gasteiger partial charge in [0.25, 0.3) is 0 Å². The number of aromatic nitrogens is 1. The van der Waals surface area contributed by atoms with Crippen LogP contribution in [0.3, 0.4) is 0 Å². The third-order valence-electron chi connectivity index (χ3n) is 7.34. The molecule has 0 unspecified atom stereocenters. The van der Waals surface area contributed by atoms with Gasteiger partial charge in [-0.3, -0.25) is 4.79 Å². The van der Waals surface area contributed by atoms with E-state index in [1.54, 1.807) is 6.07 Å². The zero-order valence-corrected chi connectivity index (χ0v) is 18.0. The van der Waals surface area contributed by atoms with Crippen LogP contribution in [0, 0.1) is 11.3 Å². The average Bonchev–Trinajstić information content (AvgIpc) is 3.56. The molecule has 1 saturated heterocycles. The maximum Gasteiger partial charge on any atom is 0.195 e. The molecule has 1 aromatic heterocycles. The van der Waals surface area contributed by atoms with Gasteiger partial charge in [-0.15, -0.1) is 0 Å². The molecule has 1 saturated carbocycles. The first-order valence-electron chi connectivity index (χ1n) is 11.2. The number of H-pyrrole nitrogens is 1. The summed E-state index contributed by atoms with van der Waals surface area (Å²) >= 11 is 0. The average molecular weight is 411 g/mol. The Balaban J connectivity index is 1.58. The maximum atomic E-state index is 13.8. The van der Waals surface area contributed by atoms with Crippen LogP contribution in [0.5, 0.6) is 0 Å². The number of hydrogen-bond acceptors (Lipinski definition) is 4. The van der Waals surface area contributed by atoms with E-state index in [2.05, 4.69) is 47.3 Å². The van der Waals surface area contributed by atoms with Crippen molar-refractivity contribution in [1.82, 2.24) is 10.3 Å². The first-order chi connectivity index (χ1) is 15.0. The van der Waals surface area contributed by atoms with Crippen LogP contribution in [0.1, 0.15) is 70.9 Å². The van der Waals surface area contributed by atoms with Crippen molar-refractivity contribution in [3.63, 3.8) is 0 Å². The van der Waals surface area contributed by atoms with Gasteiger partial charge in [0.05, 0.1) is 17.2 Å². The standard InChI is InChI=1S/C26H26N4O/c1-26(2)20-13-22(30-9-7-28-8-10-30)18(16-4-5-16)12-19(20)24(31)23-17-6-3-15(14-27)11-21(17)29-25(23)26/h3,6,11-13,16,28-29H,4-5,7-10H2,1-2H3. The van der Waals surface area contributed by atoms with Gasteiger partial charge in [0, 0.05) is 59.4 Å². The van der Waals surface area contributed by atoms with Gasteiger partial charge in [-0.05, 0) is 54.2 Å². The fraction of sp³-hybridized carbons (Fsp3) is 0.385. The van der Waals surface area contributed by atoms with Gasteiger partial charge >= 0.3 is 0 Å². The minimum absolute atomic E-state index is 0.106. The lowest BCUT2D eigenvalue weighted by Gasteiger charge is -2.36. The van der Waals surface area contributed by atoms with Crippen molar-refractivity contribution in [2.24, 2.45) is 0 Å². The Morgan fingerprint density at radius 2 is 1.90 bits per heavy atom. The molecule has 0 radical (unpaired) electrons. The highest BCUT2D eigenvalue weighted by molar-refractivity contribution is 6.20. The number of nitrogens with one attached hydrogen (secondary N) is 2. The second-order valence-corrected chi connectivity index (χ2v) is 9.67. The Kier molecular flexibility index (Phi) is 3.88. The Bertz CT molecular complexity index is 1280. The predicted molar refractivity (Wildman–Crippen MR) is 122 cm³/mol. The highest BCUT2D eigenvalue weighted by Crippen LogP contribution is 2.50. The van der Waals surface area contributed by atoms with Gasteiger partial charge in [0.1, 0.15) is 0 Å². The molecule has 3 aliphatic rings. The number of aromatic amines is 1. The summed E-state index contributed by atoms with van der Waals surface area (Å²) in [4.78, 5) is 19.8. The Morgan fingerprint density at radius 1 is 1.13 bits per heavy atom. The van der Waals surface area contributed by atoms with Crippen LogP contribution >= 0.6 is 0 Å². The predicted octanol–water partition coefficient (Wildman–Crippen LogP) is 4.20. The highest BCUT2D eigenvalue weighted by Gasteiger charge is 2.41. The molecule has 0 atom stereocenters. The van der Waals surface area contributed by atoms with E-state index < -0.39 is 0 Å². The van der Waals surface area contributed by atoms with E-state index in [1.165, 1.54) is 24.1 Å². The molecule has 0 spiro atoms. The number of hydrogen-bond donors (Lipinski definition) is 2. The largest absolute Gasteiger partial charge is 0.369 e. The molecule has 6 rings (SSSR count). The third-order valence-corrected chi connectivity index (χ3v) is 7.34. The summed E-state index contributed by atoms with van der Waals surface area (Å²) in [5, 5.41) is 13.7. The number of rotatable bonds is 2. The molecule has 2 heterocycles. The van der Waals surface area contributed by atoms with Crippen molar-refractivity contribution in [2.45, 2.75) is 38.0 Å². The number of fused-ring (bicyclic) bond motifs is 4. The van der Waals surface area contributed by atoms with Gasteiger partial charge in [0.15, 0.2) is 5.78 Å². The van der Waals surface area contributed by atoms with Crippen LogP contribution in [0.15, 0.2) is 30.3 Å². The van der Waals surface area contributed by atoms with E-state index >= 15 is 0 Å². The number of anilines is 1. The summed E-state index contributed by atoms with van der Waals surface area (Å²) in [5.74, 6) is 0.683. The molecule has 5 nitrogen and oxygen atoms in total. The summed E-state index contributed by atoms with van der Waals surface area (Å²) in [5.41, 5.74) is 7.49. The van der Waals surface area contributed by atoms with E-state index in [-0.39, 0.29) is 11.2 Å². The second kappa shape index (κ2) is 6.45. The van der Waals surface area contributed by atoms with E-state index in [1.807, 2.05) is 12.1 Å². The van der Waals surface area contributed by atoms with Crippen LogP contribution in [0.25, 0.3) is 10.9 Å². The van der Waals surface area contributed by atoms with Crippen LogP contribution in [0.4, 0.5) is 5.69 Å². The normalized spacial score (nSPS) is 19.8. The van der Waals surface area contributed by atoms with Crippen molar-refractivity contribution >= 4 is 22.4 Å². The smallest absolute Gasteiger partial charge is 0.195 e. The molecule has 0 bridgehead atoms. The molecule has 0 amide bonds. The third kappa shape index (κ3) is 2.68. The molecule has 156 valence electrons. The van der Waals surface area contributed by atoms with Gasteiger partial charge in [0.2, 0.25) is 0 Å². The minimum Gasteiger partial charge on any atom is -0.369 e. The zero-order chi connectivity index (χ0) is 21.3. The molecule has 2 N–H and O–H groups in total. The van der Waals surface area contributed by atoms with Gasteiger partial charge in [-0.1, -0.05) is 19.9 Å². The van der Waals surface area contributed by atoms with Gasteiger partial charge in [-0.2, -0.15) is 5.26 Å². The number of benzene rings is 2. The number of ketones is 1. The van der Waals surface area contributed by atoms with Crippen LogP contribution in [-0.4, -0.2) is 36.9 Å². The number of nitriles is 1. The molecule has 2 aliphatic carbocycles. The summed E-state index contributed by atoms with van der Waals surface area (Å²) in [7, 11) is 0. The van der Waals surface area contributed by atoms with Gasteiger partial charge < -0.3 is 15.2 Å². The topological polar surface area (TPSA) is 71.9 Å². The van der Waals surface area contributed by atoms with E-state index in [4.69, 9.17) is 0 Å².